The predicted octanol–water partition coefficient (Wildman–Crippen LogP) is 2.62. The molecular weight excluding hydrogens is 198 g/mol. The van der Waals surface area contributed by atoms with Gasteiger partial charge in [0.15, 0.2) is 0 Å². The van der Waals surface area contributed by atoms with Gasteiger partial charge in [0.25, 0.3) is 0 Å². The number of thioether (sulfide) groups is 1. The van der Waals surface area contributed by atoms with Crippen LogP contribution in [-0.2, 0) is 9.53 Å². The van der Waals surface area contributed by atoms with Crippen LogP contribution in [0.4, 0.5) is 0 Å². The molecule has 0 aromatic heterocycles. The van der Waals surface area contributed by atoms with E-state index in [1.807, 2.05) is 27.7 Å². The highest BCUT2D eigenvalue weighted by molar-refractivity contribution is 8.03. The highest BCUT2D eigenvalue weighted by Crippen LogP contribution is 2.20. The van der Waals surface area contributed by atoms with Crippen molar-refractivity contribution in [2.75, 3.05) is 5.75 Å². The Morgan fingerprint density at radius 2 is 2.14 bits per heavy atom. The van der Waals surface area contributed by atoms with Gasteiger partial charge in [-0.3, -0.25) is 4.99 Å². The van der Waals surface area contributed by atoms with Crippen molar-refractivity contribution in [2.24, 2.45) is 4.99 Å². The molecule has 0 saturated carbocycles. The molecule has 0 heterocycles. The van der Waals surface area contributed by atoms with Crippen molar-refractivity contribution >= 4 is 24.4 Å². The minimum absolute atomic E-state index is 0.336. The zero-order valence-corrected chi connectivity index (χ0v) is 9.98. The Labute approximate surface area is 89.6 Å². The highest BCUT2D eigenvalue weighted by Gasteiger charge is 2.19. The Hall–Kier alpha value is -0.770. The molecule has 0 aromatic rings. The van der Waals surface area contributed by atoms with Crippen molar-refractivity contribution in [3.63, 3.8) is 0 Å². The number of carbonyl (C=O) groups is 1. The molecule has 0 aromatic carbocycles. The predicted molar refractivity (Wildman–Crippen MR) is 61.6 cm³/mol. The summed E-state index contributed by atoms with van der Waals surface area (Å²) in [5.41, 5.74) is -0.467. The van der Waals surface area contributed by atoms with Gasteiger partial charge >= 0.3 is 5.97 Å². The molecule has 80 valence electrons. The smallest absolute Gasteiger partial charge is 0.346 e. The number of hydrogen-bond acceptors (Lipinski definition) is 4. The summed E-state index contributed by atoms with van der Waals surface area (Å²) in [5.74, 6) is 0.470. The fourth-order valence-corrected chi connectivity index (χ4v) is 1.34. The van der Waals surface area contributed by atoms with Crippen molar-refractivity contribution in [1.29, 1.82) is 0 Å². The molecule has 0 unspecified atom stereocenters. The normalized spacial score (nSPS) is 12.4. The highest BCUT2D eigenvalue weighted by atomic mass is 32.2. The maximum atomic E-state index is 11.5. The molecule has 0 aliphatic rings. The SMILES string of the molecule is C=N/C=C(\SCC)C(=O)OC(C)(C)C. The summed E-state index contributed by atoms with van der Waals surface area (Å²) < 4.78 is 5.19. The Morgan fingerprint density at radius 1 is 1.57 bits per heavy atom. The summed E-state index contributed by atoms with van der Waals surface area (Å²) in [5, 5.41) is 0. The van der Waals surface area contributed by atoms with E-state index >= 15 is 0 Å². The number of rotatable bonds is 4. The summed E-state index contributed by atoms with van der Waals surface area (Å²) in [6, 6.07) is 0. The fourth-order valence-electron chi connectivity index (χ4n) is 0.716. The minimum atomic E-state index is -0.467. The second-order valence-electron chi connectivity index (χ2n) is 3.61. The number of carbonyl (C=O) groups excluding carboxylic acids is 1. The molecule has 4 heteroatoms. The van der Waals surface area contributed by atoms with E-state index in [0.717, 1.165) is 5.75 Å². The lowest BCUT2D eigenvalue weighted by atomic mass is 10.2. The van der Waals surface area contributed by atoms with Gasteiger partial charge < -0.3 is 4.74 Å². The minimum Gasteiger partial charge on any atom is -0.456 e. The summed E-state index contributed by atoms with van der Waals surface area (Å²) in [4.78, 5) is 15.6. The number of ether oxygens (including phenoxy) is 1. The van der Waals surface area contributed by atoms with Gasteiger partial charge in [0, 0.05) is 6.20 Å². The third-order valence-corrected chi connectivity index (χ3v) is 1.98. The van der Waals surface area contributed by atoms with Crippen LogP contribution in [0.5, 0.6) is 0 Å². The molecule has 0 amide bonds. The molecule has 0 N–H and O–H groups in total. The summed E-state index contributed by atoms with van der Waals surface area (Å²) in [7, 11) is 0. The van der Waals surface area contributed by atoms with Crippen molar-refractivity contribution in [3.8, 4) is 0 Å². The first-order valence-corrected chi connectivity index (χ1v) is 5.41. The molecule has 0 aliphatic heterocycles. The van der Waals surface area contributed by atoms with Crippen LogP contribution in [-0.4, -0.2) is 24.0 Å². The van der Waals surface area contributed by atoms with Crippen LogP contribution in [0.25, 0.3) is 0 Å². The number of esters is 1. The van der Waals surface area contributed by atoms with Crippen LogP contribution in [0.1, 0.15) is 27.7 Å². The number of nitrogens with zero attached hydrogens (tertiary/aromatic N) is 1. The van der Waals surface area contributed by atoms with E-state index in [0.29, 0.717) is 4.91 Å². The van der Waals surface area contributed by atoms with E-state index in [-0.39, 0.29) is 5.97 Å². The van der Waals surface area contributed by atoms with E-state index in [1.54, 1.807) is 0 Å². The van der Waals surface area contributed by atoms with Crippen molar-refractivity contribution in [1.82, 2.24) is 0 Å². The molecule has 0 saturated heterocycles. The Balaban J connectivity index is 4.46. The van der Waals surface area contributed by atoms with E-state index in [4.69, 9.17) is 4.74 Å². The second kappa shape index (κ2) is 5.86. The summed E-state index contributed by atoms with van der Waals surface area (Å²) in [6.45, 7) is 10.8. The van der Waals surface area contributed by atoms with E-state index < -0.39 is 5.60 Å². The average molecular weight is 215 g/mol. The first kappa shape index (κ1) is 13.2. The van der Waals surface area contributed by atoms with Crippen molar-refractivity contribution in [3.05, 3.63) is 11.1 Å². The Bertz CT molecular complexity index is 241. The van der Waals surface area contributed by atoms with Gasteiger partial charge in [-0.25, -0.2) is 4.79 Å². The van der Waals surface area contributed by atoms with Crippen LogP contribution >= 0.6 is 11.8 Å². The van der Waals surface area contributed by atoms with Gasteiger partial charge in [0.2, 0.25) is 0 Å². The molecule has 0 bridgehead atoms. The summed E-state index contributed by atoms with van der Waals surface area (Å²) in [6.07, 6.45) is 1.43. The molecule has 0 rings (SSSR count). The topological polar surface area (TPSA) is 38.7 Å². The fraction of sp³-hybridized carbons (Fsp3) is 0.600. The van der Waals surface area contributed by atoms with Crippen molar-refractivity contribution in [2.45, 2.75) is 33.3 Å². The monoisotopic (exact) mass is 215 g/mol. The number of aliphatic imine (C=N–C) groups is 1. The quantitative estimate of drug-likeness (QED) is 0.411. The van der Waals surface area contributed by atoms with Gasteiger partial charge in [-0.2, -0.15) is 0 Å². The summed E-state index contributed by atoms with van der Waals surface area (Å²) >= 11 is 1.40. The molecule has 0 atom stereocenters. The van der Waals surface area contributed by atoms with Gasteiger partial charge in [-0.1, -0.05) is 6.92 Å². The van der Waals surface area contributed by atoms with Crippen LogP contribution in [0.15, 0.2) is 16.1 Å². The van der Waals surface area contributed by atoms with Crippen LogP contribution in [0.3, 0.4) is 0 Å². The lowest BCUT2D eigenvalue weighted by molar-refractivity contribution is -0.148. The zero-order chi connectivity index (χ0) is 11.2. The first-order valence-electron chi connectivity index (χ1n) is 4.43. The van der Waals surface area contributed by atoms with Gasteiger partial charge in [0.05, 0.1) is 0 Å². The Morgan fingerprint density at radius 3 is 2.50 bits per heavy atom. The standard InChI is InChI=1S/C10H17NO2S/c1-6-14-8(7-11-5)9(12)13-10(2,3)4/h7H,5-6H2,1-4H3/b8-7-. The number of hydrogen-bond donors (Lipinski definition) is 0. The third-order valence-electron chi connectivity index (χ3n) is 1.11. The third kappa shape index (κ3) is 5.80. The molecule has 0 spiro atoms. The molecular formula is C10H17NO2S. The van der Waals surface area contributed by atoms with Gasteiger partial charge in [0.1, 0.15) is 10.5 Å². The lowest BCUT2D eigenvalue weighted by Crippen LogP contribution is -2.24. The van der Waals surface area contributed by atoms with E-state index in [9.17, 15) is 4.79 Å². The van der Waals surface area contributed by atoms with Gasteiger partial charge in [-0.05, 0) is 33.2 Å². The lowest BCUT2D eigenvalue weighted by Gasteiger charge is -2.19. The maximum absolute atomic E-state index is 11.5. The molecule has 0 fully saturated rings. The first-order chi connectivity index (χ1) is 6.40. The molecule has 0 radical (unpaired) electrons. The van der Waals surface area contributed by atoms with Crippen molar-refractivity contribution < 1.29 is 9.53 Å². The largest absolute Gasteiger partial charge is 0.456 e. The maximum Gasteiger partial charge on any atom is 0.346 e. The van der Waals surface area contributed by atoms with Crippen LogP contribution < -0.4 is 0 Å². The van der Waals surface area contributed by atoms with E-state index in [1.165, 1.54) is 18.0 Å². The second-order valence-corrected chi connectivity index (χ2v) is 4.92. The molecule has 3 nitrogen and oxygen atoms in total. The van der Waals surface area contributed by atoms with Crippen LogP contribution in [0.2, 0.25) is 0 Å². The van der Waals surface area contributed by atoms with E-state index in [2.05, 4.69) is 11.7 Å². The van der Waals surface area contributed by atoms with Gasteiger partial charge in [-0.15, -0.1) is 11.8 Å². The molecule has 14 heavy (non-hydrogen) atoms. The Kier molecular flexibility index (Phi) is 5.53. The molecule has 0 aliphatic carbocycles. The zero-order valence-electron chi connectivity index (χ0n) is 9.16. The van der Waals surface area contributed by atoms with Crippen LogP contribution in [0, 0.1) is 0 Å². The average Bonchev–Trinajstić information content (AvgIpc) is 2.01.